The molecule has 1 atom stereocenters. The zero-order valence-corrected chi connectivity index (χ0v) is 15.5. The molecule has 0 aromatic heterocycles. The molecule has 0 heterocycles. The Balaban J connectivity index is 2.19. The summed E-state index contributed by atoms with van der Waals surface area (Å²) in [4.78, 5) is 36.8. The number of amides is 1. The van der Waals surface area contributed by atoms with Crippen LogP contribution in [0.15, 0.2) is 66.7 Å². The molecule has 0 aliphatic rings. The molecule has 0 fully saturated rings. The van der Waals surface area contributed by atoms with Crippen molar-refractivity contribution in [3.05, 3.63) is 77.9 Å². The topological polar surface area (TPSA) is 72.5 Å². The Labute approximate surface area is 159 Å². The van der Waals surface area contributed by atoms with Gasteiger partial charge in [-0.25, -0.2) is 4.79 Å². The number of Topliss-reactive ketones (excluding diaryl/α,β-unsaturated/α-hetero) is 1. The average molecular weight is 365 g/mol. The molecular weight excluding hydrogens is 342 g/mol. The van der Waals surface area contributed by atoms with Crippen molar-refractivity contribution in [1.82, 2.24) is 5.32 Å². The third-order valence-corrected chi connectivity index (χ3v) is 4.09. The van der Waals surface area contributed by atoms with Crippen molar-refractivity contribution in [3.63, 3.8) is 0 Å². The number of hydrogen-bond acceptors (Lipinski definition) is 4. The Bertz CT molecular complexity index is 815. The summed E-state index contributed by atoms with van der Waals surface area (Å²) >= 11 is 0. The van der Waals surface area contributed by atoms with E-state index < -0.39 is 23.2 Å². The molecule has 0 bridgehead atoms. The van der Waals surface area contributed by atoms with Crippen molar-refractivity contribution in [2.45, 2.75) is 32.4 Å². The van der Waals surface area contributed by atoms with E-state index in [1.807, 2.05) is 60.7 Å². The fraction of sp³-hybridized carbons (Fsp3) is 0.227. The molecule has 0 aliphatic carbocycles. The molecule has 5 nitrogen and oxygen atoms in total. The molecule has 140 valence electrons. The number of nitrogens with one attached hydrogen (secondary N) is 1. The highest BCUT2D eigenvalue weighted by atomic mass is 16.5. The number of hydrogen-bond donors (Lipinski definition) is 1. The number of rotatable bonds is 8. The van der Waals surface area contributed by atoms with Gasteiger partial charge in [-0.2, -0.15) is 0 Å². The van der Waals surface area contributed by atoms with Crippen LogP contribution in [0, 0.1) is 0 Å². The zero-order chi connectivity index (χ0) is 19.7. The average Bonchev–Trinajstić information content (AvgIpc) is 2.66. The molecule has 0 saturated heterocycles. The van der Waals surface area contributed by atoms with Crippen LogP contribution in [0.2, 0.25) is 0 Å². The molecular formula is C22H23NO4. The molecule has 27 heavy (non-hydrogen) atoms. The third kappa shape index (κ3) is 5.64. The van der Waals surface area contributed by atoms with E-state index >= 15 is 0 Å². The van der Waals surface area contributed by atoms with Crippen molar-refractivity contribution >= 4 is 23.7 Å². The fourth-order valence-electron chi connectivity index (χ4n) is 2.64. The smallest absolute Gasteiger partial charge is 0.340 e. The van der Waals surface area contributed by atoms with Gasteiger partial charge < -0.3 is 10.1 Å². The summed E-state index contributed by atoms with van der Waals surface area (Å²) in [7, 11) is 0. The second-order valence-electron chi connectivity index (χ2n) is 6.22. The predicted octanol–water partition coefficient (Wildman–Crippen LogP) is 3.30. The van der Waals surface area contributed by atoms with E-state index in [9.17, 15) is 14.4 Å². The second kappa shape index (κ2) is 9.48. The summed E-state index contributed by atoms with van der Waals surface area (Å²) in [5.41, 5.74) is -0.0206. The monoisotopic (exact) mass is 365 g/mol. The minimum absolute atomic E-state index is 0.00440. The Morgan fingerprint density at radius 1 is 0.963 bits per heavy atom. The Kier molecular flexibility index (Phi) is 7.06. The maximum atomic E-state index is 12.8. The highest BCUT2D eigenvalue weighted by Crippen LogP contribution is 2.18. The number of ketones is 1. The van der Waals surface area contributed by atoms with Crippen LogP contribution in [-0.4, -0.2) is 23.2 Å². The summed E-state index contributed by atoms with van der Waals surface area (Å²) in [6.45, 7) is 2.57. The fourth-order valence-corrected chi connectivity index (χ4v) is 2.64. The maximum absolute atomic E-state index is 12.8. The lowest BCUT2D eigenvalue weighted by molar-refractivity contribution is -0.158. The predicted molar refractivity (Wildman–Crippen MR) is 104 cm³/mol. The highest BCUT2D eigenvalue weighted by molar-refractivity contribution is 6.10. The summed E-state index contributed by atoms with van der Waals surface area (Å²) in [5.74, 6) is -1.73. The van der Waals surface area contributed by atoms with Gasteiger partial charge in [-0.15, -0.1) is 0 Å². The molecule has 1 N–H and O–H groups in total. The highest BCUT2D eigenvalue weighted by Gasteiger charge is 2.44. The van der Waals surface area contributed by atoms with Crippen LogP contribution in [0.4, 0.5) is 0 Å². The number of carbonyl (C=O) groups excluding carboxylic acids is 3. The SMILES string of the molecule is CC(=O)N[C@](C/C=C/c1ccccc1)(C(C)=O)C(=O)OCc1ccccc1. The minimum Gasteiger partial charge on any atom is -0.459 e. The molecule has 0 aliphatic heterocycles. The minimum atomic E-state index is -1.74. The van der Waals surface area contributed by atoms with Gasteiger partial charge in [-0.1, -0.05) is 72.8 Å². The second-order valence-corrected chi connectivity index (χ2v) is 6.22. The lowest BCUT2D eigenvalue weighted by Crippen LogP contribution is -2.59. The van der Waals surface area contributed by atoms with Crippen LogP contribution in [-0.2, 0) is 25.7 Å². The van der Waals surface area contributed by atoms with Crippen LogP contribution in [0.5, 0.6) is 0 Å². The number of carbonyl (C=O) groups is 3. The van der Waals surface area contributed by atoms with Gasteiger partial charge in [0.25, 0.3) is 0 Å². The van der Waals surface area contributed by atoms with Gasteiger partial charge in [-0.3, -0.25) is 9.59 Å². The van der Waals surface area contributed by atoms with Crippen LogP contribution in [0.25, 0.3) is 6.08 Å². The maximum Gasteiger partial charge on any atom is 0.340 e. The van der Waals surface area contributed by atoms with E-state index in [4.69, 9.17) is 4.74 Å². The van der Waals surface area contributed by atoms with Gasteiger partial charge in [0.1, 0.15) is 6.61 Å². The van der Waals surface area contributed by atoms with E-state index in [0.717, 1.165) is 11.1 Å². The molecule has 1 amide bonds. The van der Waals surface area contributed by atoms with Gasteiger partial charge in [0.2, 0.25) is 5.91 Å². The summed E-state index contributed by atoms with van der Waals surface area (Å²) in [6, 6.07) is 18.6. The van der Waals surface area contributed by atoms with E-state index in [2.05, 4.69) is 5.32 Å². The van der Waals surface area contributed by atoms with Crippen LogP contribution < -0.4 is 5.32 Å². The summed E-state index contributed by atoms with van der Waals surface area (Å²) < 4.78 is 5.35. The first kappa shape index (κ1) is 20.1. The van der Waals surface area contributed by atoms with Crippen molar-refractivity contribution in [2.75, 3.05) is 0 Å². The van der Waals surface area contributed by atoms with E-state index in [0.29, 0.717) is 0 Å². The van der Waals surface area contributed by atoms with Crippen LogP contribution in [0.1, 0.15) is 31.4 Å². The summed E-state index contributed by atoms with van der Waals surface area (Å²) in [5, 5.41) is 2.50. The van der Waals surface area contributed by atoms with Gasteiger partial charge in [0.05, 0.1) is 0 Å². The van der Waals surface area contributed by atoms with Gasteiger partial charge in [0.15, 0.2) is 11.3 Å². The van der Waals surface area contributed by atoms with Gasteiger partial charge >= 0.3 is 5.97 Å². The van der Waals surface area contributed by atoms with Crippen molar-refractivity contribution in [1.29, 1.82) is 0 Å². The van der Waals surface area contributed by atoms with Crippen LogP contribution in [0.3, 0.4) is 0 Å². The quantitative estimate of drug-likeness (QED) is 0.575. The van der Waals surface area contributed by atoms with Gasteiger partial charge in [0, 0.05) is 13.3 Å². The molecule has 0 saturated carbocycles. The molecule has 0 radical (unpaired) electrons. The Morgan fingerprint density at radius 3 is 2.11 bits per heavy atom. The van der Waals surface area contributed by atoms with E-state index in [1.54, 1.807) is 12.2 Å². The van der Waals surface area contributed by atoms with Gasteiger partial charge in [-0.05, 0) is 18.1 Å². The molecule has 5 heteroatoms. The van der Waals surface area contributed by atoms with E-state index in [1.165, 1.54) is 13.8 Å². The summed E-state index contributed by atoms with van der Waals surface area (Å²) in [6.07, 6.45) is 3.49. The Hall–Kier alpha value is -3.21. The van der Waals surface area contributed by atoms with Crippen LogP contribution >= 0.6 is 0 Å². The molecule has 0 spiro atoms. The lowest BCUT2D eigenvalue weighted by Gasteiger charge is -2.28. The first-order valence-electron chi connectivity index (χ1n) is 8.66. The van der Waals surface area contributed by atoms with E-state index in [-0.39, 0.29) is 13.0 Å². The van der Waals surface area contributed by atoms with Crippen molar-refractivity contribution in [3.8, 4) is 0 Å². The first-order chi connectivity index (χ1) is 12.9. The first-order valence-corrected chi connectivity index (χ1v) is 8.66. The number of ether oxygens (including phenoxy) is 1. The normalized spacial score (nSPS) is 13.0. The number of benzene rings is 2. The zero-order valence-electron chi connectivity index (χ0n) is 15.5. The number of esters is 1. The van der Waals surface area contributed by atoms with Crippen molar-refractivity contribution in [2.24, 2.45) is 0 Å². The standard InChI is InChI=1S/C22H23NO4/c1-17(24)22(23-18(2)25,15-9-14-19-10-5-3-6-11-19)21(26)27-16-20-12-7-4-8-13-20/h3-14H,15-16H2,1-2H3,(H,23,25)/b14-9+/t22-/m1/s1. The molecule has 0 unspecified atom stereocenters. The lowest BCUT2D eigenvalue weighted by atomic mass is 9.90. The largest absolute Gasteiger partial charge is 0.459 e. The van der Waals surface area contributed by atoms with Crippen molar-refractivity contribution < 1.29 is 19.1 Å². The third-order valence-electron chi connectivity index (χ3n) is 4.09. The molecule has 2 aromatic rings. The molecule has 2 aromatic carbocycles. The Morgan fingerprint density at radius 2 is 1.56 bits per heavy atom. The molecule has 2 rings (SSSR count).